The fourth-order valence-corrected chi connectivity index (χ4v) is 2.63. The van der Waals surface area contributed by atoms with Crippen LogP contribution in [-0.4, -0.2) is 55.0 Å². The number of urea groups is 1. The van der Waals surface area contributed by atoms with E-state index in [9.17, 15) is 18.0 Å². The quantitative estimate of drug-likeness (QED) is 0.416. The molecule has 2 amide bonds. The number of carbonyl (C=O) groups excluding carboxylic acids is 1. The van der Waals surface area contributed by atoms with E-state index in [-0.39, 0.29) is 17.4 Å². The zero-order valence-electron chi connectivity index (χ0n) is 16.1. The number of aromatic nitrogens is 1. The number of hydrogen-bond acceptors (Lipinski definition) is 5. The summed E-state index contributed by atoms with van der Waals surface area (Å²) in [7, 11) is 3.89. The first-order valence-corrected chi connectivity index (χ1v) is 8.80. The molecule has 0 unspecified atom stereocenters. The van der Waals surface area contributed by atoms with E-state index in [1.165, 1.54) is 12.3 Å². The molecule has 1 aromatic heterocycles. The van der Waals surface area contributed by atoms with E-state index in [0.717, 1.165) is 13.0 Å². The van der Waals surface area contributed by atoms with Crippen molar-refractivity contribution in [3.8, 4) is 11.1 Å². The van der Waals surface area contributed by atoms with Gasteiger partial charge in [0.05, 0.1) is 5.56 Å². The first-order chi connectivity index (χ1) is 13.6. The number of benzene rings is 1. The molecule has 0 aliphatic heterocycles. The van der Waals surface area contributed by atoms with Gasteiger partial charge in [0.25, 0.3) is 0 Å². The van der Waals surface area contributed by atoms with E-state index in [1.807, 2.05) is 19.0 Å². The Morgan fingerprint density at radius 1 is 1.21 bits per heavy atom. The summed E-state index contributed by atoms with van der Waals surface area (Å²) in [6.45, 7) is 1.36. The van der Waals surface area contributed by atoms with Crippen LogP contribution in [0.25, 0.3) is 11.1 Å². The highest BCUT2D eigenvalue weighted by Gasteiger charge is 2.38. The van der Waals surface area contributed by atoms with Crippen LogP contribution in [-0.2, 0) is 0 Å². The van der Waals surface area contributed by atoms with Crippen molar-refractivity contribution in [2.75, 3.05) is 38.2 Å². The second kappa shape index (κ2) is 9.37. The number of nitrogens with two attached hydrogens (primary N) is 1. The van der Waals surface area contributed by atoms with Crippen LogP contribution < -0.4 is 16.4 Å². The molecule has 0 bridgehead atoms. The van der Waals surface area contributed by atoms with Crippen LogP contribution in [0.5, 0.6) is 0 Å². The summed E-state index contributed by atoms with van der Waals surface area (Å²) in [5, 5.41) is 12.8. The van der Waals surface area contributed by atoms with Gasteiger partial charge in [-0.1, -0.05) is 12.1 Å². The Hall–Kier alpha value is -3.14. The lowest BCUT2D eigenvalue weighted by molar-refractivity contribution is -0.0587. The highest BCUT2D eigenvalue weighted by atomic mass is 19.4. The molecular formula is C19H23F3N6O. The maximum atomic E-state index is 13.0. The van der Waals surface area contributed by atoms with E-state index in [4.69, 9.17) is 11.1 Å². The second-order valence-corrected chi connectivity index (χ2v) is 6.61. The maximum Gasteiger partial charge on any atom is 0.433 e. The summed E-state index contributed by atoms with van der Waals surface area (Å²) in [5.41, 5.74) is 4.61. The average molecular weight is 408 g/mol. The number of nitrogens with zero attached hydrogens (tertiary/aromatic N) is 2. The van der Waals surface area contributed by atoms with Crippen molar-refractivity contribution in [1.29, 1.82) is 5.41 Å². The summed E-state index contributed by atoms with van der Waals surface area (Å²) in [6.07, 6.45) is -2.76. The fraction of sp³-hybridized carbons (Fsp3) is 0.316. The Morgan fingerprint density at radius 2 is 1.86 bits per heavy atom. The number of anilines is 2. The Morgan fingerprint density at radius 3 is 2.45 bits per heavy atom. The third-order valence-electron chi connectivity index (χ3n) is 4.04. The monoisotopic (exact) mass is 408 g/mol. The number of amides is 2. The van der Waals surface area contributed by atoms with E-state index in [0.29, 0.717) is 17.8 Å². The average Bonchev–Trinajstić information content (AvgIpc) is 2.64. The first-order valence-electron chi connectivity index (χ1n) is 8.80. The van der Waals surface area contributed by atoms with Gasteiger partial charge in [-0.25, -0.2) is 9.78 Å². The van der Waals surface area contributed by atoms with Crippen molar-refractivity contribution in [3.05, 3.63) is 42.1 Å². The molecular weight excluding hydrogens is 385 g/mol. The lowest BCUT2D eigenvalue weighted by atomic mass is 9.97. The molecule has 0 atom stereocenters. The van der Waals surface area contributed by atoms with Crippen molar-refractivity contribution in [1.82, 2.24) is 15.2 Å². The van der Waals surface area contributed by atoms with Crippen LogP contribution in [0, 0.1) is 5.41 Å². The predicted octanol–water partition coefficient (Wildman–Crippen LogP) is 3.33. The van der Waals surface area contributed by atoms with Gasteiger partial charge in [0.15, 0.2) is 0 Å². The van der Waals surface area contributed by atoms with E-state index in [2.05, 4.69) is 15.6 Å². The molecule has 0 spiro atoms. The molecule has 0 saturated heterocycles. The minimum absolute atomic E-state index is 0.138. The van der Waals surface area contributed by atoms with Crippen LogP contribution >= 0.6 is 0 Å². The second-order valence-electron chi connectivity index (χ2n) is 6.61. The smallest absolute Gasteiger partial charge is 0.383 e. The van der Waals surface area contributed by atoms with Gasteiger partial charge in [0.2, 0.25) is 0 Å². The predicted molar refractivity (Wildman–Crippen MR) is 107 cm³/mol. The minimum atomic E-state index is -4.85. The van der Waals surface area contributed by atoms with Crippen LogP contribution in [0.4, 0.5) is 29.5 Å². The molecule has 1 aromatic carbocycles. The number of alkyl halides is 3. The third kappa shape index (κ3) is 6.18. The van der Waals surface area contributed by atoms with Gasteiger partial charge in [-0.15, -0.1) is 0 Å². The molecule has 29 heavy (non-hydrogen) atoms. The third-order valence-corrected chi connectivity index (χ3v) is 4.04. The molecule has 0 radical (unpaired) electrons. The summed E-state index contributed by atoms with van der Waals surface area (Å²) in [6, 6.07) is 7.21. The number of nitrogens with one attached hydrogen (secondary N) is 3. The van der Waals surface area contributed by atoms with E-state index < -0.39 is 17.5 Å². The highest BCUT2D eigenvalue weighted by Crippen LogP contribution is 2.32. The van der Waals surface area contributed by atoms with Crippen molar-refractivity contribution in [3.63, 3.8) is 0 Å². The Balaban J connectivity index is 2.12. The number of rotatable bonds is 7. The largest absolute Gasteiger partial charge is 0.433 e. The van der Waals surface area contributed by atoms with Gasteiger partial charge in [-0.05, 0) is 56.4 Å². The molecule has 0 aliphatic carbocycles. The Bertz CT molecular complexity index is 865. The van der Waals surface area contributed by atoms with Gasteiger partial charge in [-0.3, -0.25) is 5.41 Å². The molecule has 0 aliphatic rings. The van der Waals surface area contributed by atoms with Gasteiger partial charge in [-0.2, -0.15) is 13.2 Å². The SMILES string of the molecule is CN(C)CCCNC(=O)Nc1ccc(-c2ccnc(N)c2C(=N)C(F)(F)F)cc1. The van der Waals surface area contributed by atoms with Crippen LogP contribution in [0.3, 0.4) is 0 Å². The van der Waals surface area contributed by atoms with Gasteiger partial charge in [0.1, 0.15) is 11.5 Å². The molecule has 7 nitrogen and oxygen atoms in total. The molecule has 1 heterocycles. The van der Waals surface area contributed by atoms with Crippen molar-refractivity contribution >= 4 is 23.2 Å². The Kier molecular flexibility index (Phi) is 7.16. The van der Waals surface area contributed by atoms with Crippen LogP contribution in [0.1, 0.15) is 12.0 Å². The summed E-state index contributed by atoms with van der Waals surface area (Å²) in [4.78, 5) is 17.6. The summed E-state index contributed by atoms with van der Waals surface area (Å²) < 4.78 is 39.1. The highest BCUT2D eigenvalue weighted by molar-refractivity contribution is 6.10. The lowest BCUT2D eigenvalue weighted by Gasteiger charge is -2.15. The van der Waals surface area contributed by atoms with Crippen molar-refractivity contribution in [2.45, 2.75) is 12.6 Å². The number of nitrogen functional groups attached to an aromatic ring is 1. The van der Waals surface area contributed by atoms with Gasteiger partial charge in [0, 0.05) is 18.4 Å². The number of pyridine rings is 1. The van der Waals surface area contributed by atoms with Crippen LogP contribution in [0.15, 0.2) is 36.5 Å². The summed E-state index contributed by atoms with van der Waals surface area (Å²) in [5.74, 6) is -0.371. The molecule has 2 rings (SSSR count). The number of halogens is 3. The van der Waals surface area contributed by atoms with E-state index >= 15 is 0 Å². The molecule has 10 heteroatoms. The zero-order valence-corrected chi connectivity index (χ0v) is 16.1. The maximum absolute atomic E-state index is 13.0. The van der Waals surface area contributed by atoms with Crippen molar-refractivity contribution < 1.29 is 18.0 Å². The van der Waals surface area contributed by atoms with Crippen LogP contribution in [0.2, 0.25) is 0 Å². The number of hydrogen-bond donors (Lipinski definition) is 4. The summed E-state index contributed by atoms with van der Waals surface area (Å²) >= 11 is 0. The molecule has 156 valence electrons. The van der Waals surface area contributed by atoms with Gasteiger partial charge < -0.3 is 21.3 Å². The standard InChI is InChI=1S/C19H23F3N6O/c1-28(2)11-3-9-26-18(29)27-13-6-4-12(5-7-13)14-8-10-25-17(24)15(14)16(23)19(20,21)22/h4-8,10,23H,3,9,11H2,1-2H3,(H2,24,25)(H2,26,27,29). The lowest BCUT2D eigenvalue weighted by Crippen LogP contribution is -2.31. The minimum Gasteiger partial charge on any atom is -0.383 e. The molecule has 0 fully saturated rings. The number of carbonyl (C=O) groups is 1. The topological polar surface area (TPSA) is 107 Å². The zero-order chi connectivity index (χ0) is 21.6. The molecule has 0 saturated carbocycles. The molecule has 2 aromatic rings. The van der Waals surface area contributed by atoms with Gasteiger partial charge >= 0.3 is 12.2 Å². The first kappa shape index (κ1) is 22.2. The van der Waals surface area contributed by atoms with Crippen molar-refractivity contribution in [2.24, 2.45) is 0 Å². The fourth-order valence-electron chi connectivity index (χ4n) is 2.63. The molecule has 5 N–H and O–H groups in total. The normalized spacial score (nSPS) is 11.4. The Labute approximate surface area is 166 Å². The van der Waals surface area contributed by atoms with E-state index in [1.54, 1.807) is 24.3 Å².